The van der Waals surface area contributed by atoms with Crippen molar-refractivity contribution in [3.05, 3.63) is 13.2 Å². The van der Waals surface area contributed by atoms with Crippen molar-refractivity contribution in [3.8, 4) is 0 Å². The summed E-state index contributed by atoms with van der Waals surface area (Å²) in [6, 6.07) is 0. The van der Waals surface area contributed by atoms with Crippen LogP contribution in [0.4, 0.5) is 0 Å². The molecule has 5 heavy (non-hydrogen) atoms. The molecule has 1 heteroatoms. The van der Waals surface area contributed by atoms with Gasteiger partial charge >= 0.3 is 0 Å². The maximum atomic E-state index is 3.00. The van der Waals surface area contributed by atoms with Crippen LogP contribution >= 0.6 is 0 Å². The van der Waals surface area contributed by atoms with Gasteiger partial charge in [0.1, 0.15) is 0 Å². The van der Waals surface area contributed by atoms with Gasteiger partial charge in [-0.15, -0.1) is 13.2 Å². The second kappa shape index (κ2) is 616. The van der Waals surface area contributed by atoms with Crippen molar-refractivity contribution in [1.29, 1.82) is 0 Å². The molecular weight excluding hydrogens is 100 g/mol. The summed E-state index contributed by atoms with van der Waals surface area (Å²) in [6.07, 6.45) is 0. The molecule has 0 amide bonds. The van der Waals surface area contributed by atoms with E-state index in [0.29, 0.717) is 0 Å². The smallest absolute Gasteiger partial charge is 0 e. The van der Waals surface area contributed by atoms with Crippen molar-refractivity contribution in [2.45, 2.75) is 13.8 Å². The summed E-state index contributed by atoms with van der Waals surface area (Å²) in [4.78, 5) is 0. The summed E-state index contributed by atoms with van der Waals surface area (Å²) in [5.74, 6) is 0. The third-order valence-corrected chi connectivity index (χ3v) is 0. The fourth-order valence-corrected chi connectivity index (χ4v) is 0. The van der Waals surface area contributed by atoms with Gasteiger partial charge in [0.2, 0.25) is 0 Å². The van der Waals surface area contributed by atoms with E-state index in [9.17, 15) is 0 Å². The molecule has 0 spiro atoms. The second-order valence-corrected chi connectivity index (χ2v) is 0. The van der Waals surface area contributed by atoms with Crippen LogP contribution in [0.5, 0.6) is 0 Å². The molecule has 0 nitrogen and oxygen atoms in total. The molecule has 0 aliphatic carbocycles. The van der Waals surface area contributed by atoms with Gasteiger partial charge in [-0.1, -0.05) is 13.8 Å². The molecule has 0 aliphatic heterocycles. The molecule has 0 aromatic carbocycles. The Kier molecular flexibility index (Phi) is 2300. The minimum absolute atomic E-state index is 0. The average Bonchev–Trinajstić information content (AvgIpc) is 1.50. The van der Waals surface area contributed by atoms with Gasteiger partial charge < -0.3 is 0 Å². The van der Waals surface area contributed by atoms with Crippen LogP contribution in [0.25, 0.3) is 0 Å². The first-order chi connectivity index (χ1) is 2.00. The Morgan fingerprint density at radius 2 is 1.00 bits per heavy atom. The summed E-state index contributed by atoms with van der Waals surface area (Å²) in [6.45, 7) is 10.0. The van der Waals surface area contributed by atoms with Crippen LogP contribution in [0.15, 0.2) is 13.2 Å². The molecule has 0 aromatic heterocycles. The van der Waals surface area contributed by atoms with Crippen LogP contribution in [-0.2, 0) is 17.4 Å². The molecule has 0 radical (unpaired) electrons. The molecule has 0 heterocycles. The zero-order valence-electron chi connectivity index (χ0n) is 3.82. The fourth-order valence-electron chi connectivity index (χ4n) is 0. The Morgan fingerprint density at radius 1 is 1.00 bits per heavy atom. The molecule has 0 fully saturated rings. The number of hydrogen-bond donors (Lipinski definition) is 0. The van der Waals surface area contributed by atoms with Gasteiger partial charge in [-0.05, 0) is 0 Å². The molecule has 0 atom stereocenters. The predicted molar refractivity (Wildman–Crippen MR) is 22.6 cm³/mol. The first kappa shape index (κ1) is 18.6. The van der Waals surface area contributed by atoms with E-state index in [0.717, 1.165) is 0 Å². The maximum absolute atomic E-state index is 3.00. The first-order valence-electron chi connectivity index (χ1n) is 1.50. The van der Waals surface area contributed by atoms with Crippen molar-refractivity contribution in [1.82, 2.24) is 0 Å². The monoisotopic (exact) mass is 110 g/mol. The van der Waals surface area contributed by atoms with E-state index in [1.54, 1.807) is 0 Å². The molecular formula is C4H10Cr. The van der Waals surface area contributed by atoms with Gasteiger partial charge in [-0.2, -0.15) is 0 Å². The Balaban J connectivity index is -0.0000000133. The minimum Gasteiger partial charge on any atom is -0.106 e. The Morgan fingerprint density at radius 3 is 1.00 bits per heavy atom. The van der Waals surface area contributed by atoms with Gasteiger partial charge in [0.15, 0.2) is 0 Å². The van der Waals surface area contributed by atoms with Crippen molar-refractivity contribution in [2.24, 2.45) is 0 Å². The largest absolute Gasteiger partial charge is 0.106 e. The molecule has 0 unspecified atom stereocenters. The van der Waals surface area contributed by atoms with Crippen LogP contribution < -0.4 is 0 Å². The van der Waals surface area contributed by atoms with Crippen LogP contribution in [0.1, 0.15) is 13.8 Å². The number of rotatable bonds is 0. The van der Waals surface area contributed by atoms with Crippen molar-refractivity contribution < 1.29 is 17.4 Å². The summed E-state index contributed by atoms with van der Waals surface area (Å²) in [5.41, 5.74) is 0. The zero-order valence-corrected chi connectivity index (χ0v) is 5.10. The van der Waals surface area contributed by atoms with Crippen LogP contribution in [-0.4, -0.2) is 0 Å². The third-order valence-electron chi connectivity index (χ3n) is 0. The van der Waals surface area contributed by atoms with E-state index in [1.165, 1.54) is 0 Å². The van der Waals surface area contributed by atoms with E-state index < -0.39 is 0 Å². The summed E-state index contributed by atoms with van der Waals surface area (Å²) in [5, 5.41) is 0. The Bertz CT molecular complexity index is 3.61. The zero-order chi connectivity index (χ0) is 4.00. The van der Waals surface area contributed by atoms with Crippen molar-refractivity contribution in [2.75, 3.05) is 0 Å². The van der Waals surface area contributed by atoms with E-state index in [2.05, 4.69) is 13.2 Å². The number of hydrogen-bond acceptors (Lipinski definition) is 0. The SMILES string of the molecule is C=C.CC.[Cr]. The molecule has 0 aromatic rings. The van der Waals surface area contributed by atoms with E-state index >= 15 is 0 Å². The van der Waals surface area contributed by atoms with Gasteiger partial charge in [0, 0.05) is 17.4 Å². The molecule has 32 valence electrons. The van der Waals surface area contributed by atoms with E-state index in [4.69, 9.17) is 0 Å². The summed E-state index contributed by atoms with van der Waals surface area (Å²) >= 11 is 0. The predicted octanol–water partition coefficient (Wildman–Crippen LogP) is 1.83. The van der Waals surface area contributed by atoms with Crippen LogP contribution in [0.3, 0.4) is 0 Å². The Labute approximate surface area is 45.0 Å². The summed E-state index contributed by atoms with van der Waals surface area (Å²) < 4.78 is 0. The maximum Gasteiger partial charge on any atom is 0 e. The molecule has 0 aliphatic rings. The molecule has 0 N–H and O–H groups in total. The molecule has 0 saturated carbocycles. The Hall–Kier alpha value is 0.272. The molecule has 0 bridgehead atoms. The standard InChI is InChI=1S/C2H6.C2H4.Cr/c2*1-2;/h1-2H3;1-2H2;. The van der Waals surface area contributed by atoms with Crippen molar-refractivity contribution in [3.63, 3.8) is 0 Å². The molecule has 0 saturated heterocycles. The van der Waals surface area contributed by atoms with Crippen molar-refractivity contribution >= 4 is 0 Å². The summed E-state index contributed by atoms with van der Waals surface area (Å²) in [7, 11) is 0. The van der Waals surface area contributed by atoms with E-state index in [-0.39, 0.29) is 17.4 Å². The quantitative estimate of drug-likeness (QED) is 0.417. The van der Waals surface area contributed by atoms with E-state index in [1.807, 2.05) is 13.8 Å². The average molecular weight is 110 g/mol. The fraction of sp³-hybridized carbons (Fsp3) is 0.500. The van der Waals surface area contributed by atoms with Gasteiger partial charge in [-0.25, -0.2) is 0 Å². The normalized spacial score (nSPS) is 2.00. The van der Waals surface area contributed by atoms with Crippen LogP contribution in [0.2, 0.25) is 0 Å². The van der Waals surface area contributed by atoms with Gasteiger partial charge in [0.25, 0.3) is 0 Å². The van der Waals surface area contributed by atoms with Gasteiger partial charge in [-0.3, -0.25) is 0 Å². The third kappa shape index (κ3) is 297. The topological polar surface area (TPSA) is 0 Å². The first-order valence-corrected chi connectivity index (χ1v) is 1.50. The van der Waals surface area contributed by atoms with Crippen LogP contribution in [0, 0.1) is 0 Å². The molecule has 0 rings (SSSR count). The second-order valence-electron chi connectivity index (χ2n) is 0. The minimum atomic E-state index is 0. The van der Waals surface area contributed by atoms with Gasteiger partial charge in [0.05, 0.1) is 0 Å².